The molecule has 0 aliphatic carbocycles. The van der Waals surface area contributed by atoms with Crippen LogP contribution in [0.25, 0.3) is 11.1 Å². The number of ether oxygens (including phenoxy) is 2. The zero-order valence-corrected chi connectivity index (χ0v) is 24.8. The van der Waals surface area contributed by atoms with Crippen molar-refractivity contribution >= 4 is 27.0 Å². The lowest BCUT2D eigenvalue weighted by atomic mass is 9.99. The van der Waals surface area contributed by atoms with Gasteiger partial charge in [0.2, 0.25) is 16.8 Å². The molecule has 0 unspecified atom stereocenters. The van der Waals surface area contributed by atoms with E-state index in [2.05, 4.69) is 10.3 Å². The molecule has 0 fully saturated rings. The van der Waals surface area contributed by atoms with E-state index < -0.39 is 28.1 Å². The Labute approximate surface area is 245 Å². The van der Waals surface area contributed by atoms with Crippen molar-refractivity contribution in [2.24, 2.45) is 5.92 Å². The van der Waals surface area contributed by atoms with Gasteiger partial charge in [0.05, 0.1) is 17.0 Å². The molecular weight excluding hydrogens is 558 g/mol. The first-order chi connectivity index (χ1) is 20.0. The highest BCUT2D eigenvalue weighted by atomic mass is 32.2. The van der Waals surface area contributed by atoms with Crippen LogP contribution in [0.4, 0.5) is 0 Å². The van der Waals surface area contributed by atoms with Gasteiger partial charge in [0, 0.05) is 37.2 Å². The second kappa shape index (κ2) is 12.1. The number of carbonyl (C=O) groups excluding carboxylic acids is 1. The number of hydrogen-bond acceptors (Lipinski definition) is 8. The highest BCUT2D eigenvalue weighted by Crippen LogP contribution is 2.37. The Morgan fingerprint density at radius 2 is 1.81 bits per heavy atom. The van der Waals surface area contributed by atoms with Crippen LogP contribution in [-0.2, 0) is 16.4 Å². The Balaban J connectivity index is 1.43. The van der Waals surface area contributed by atoms with Crippen LogP contribution in [0.15, 0.2) is 70.0 Å². The van der Waals surface area contributed by atoms with Crippen LogP contribution in [0, 0.1) is 19.8 Å². The molecule has 1 aromatic heterocycles. The Kier molecular flexibility index (Phi) is 8.53. The van der Waals surface area contributed by atoms with E-state index in [1.807, 2.05) is 44.2 Å². The average Bonchev–Trinajstić information content (AvgIpc) is 3.58. The van der Waals surface area contributed by atoms with Crippen molar-refractivity contribution in [3.8, 4) is 11.5 Å². The lowest BCUT2D eigenvalue weighted by molar-refractivity contribution is 0.0775. The Bertz CT molecular complexity index is 1690. The molecule has 2 heterocycles. The molecule has 2 N–H and O–H groups in total. The zero-order valence-electron chi connectivity index (χ0n) is 24.0. The number of aliphatic hydroxyl groups excluding tert-OH is 1. The van der Waals surface area contributed by atoms with Gasteiger partial charge >= 0.3 is 0 Å². The number of fused-ring (bicyclic) bond motifs is 2. The Morgan fingerprint density at radius 3 is 2.55 bits per heavy atom. The Morgan fingerprint density at radius 1 is 1.05 bits per heavy atom. The van der Waals surface area contributed by atoms with Crippen LogP contribution < -0.4 is 14.8 Å². The number of nitrogens with zero attached hydrogens (tertiary/aromatic N) is 2. The summed E-state index contributed by atoms with van der Waals surface area (Å²) < 4.78 is 45.5. The number of amides is 1. The first-order valence-electron chi connectivity index (χ1n) is 13.8. The van der Waals surface area contributed by atoms with Crippen LogP contribution in [0.3, 0.4) is 0 Å². The molecule has 0 radical (unpaired) electrons. The summed E-state index contributed by atoms with van der Waals surface area (Å²) in [4.78, 5) is 17.8. The molecule has 1 amide bonds. The first-order valence-corrected chi connectivity index (χ1v) is 15.3. The summed E-state index contributed by atoms with van der Waals surface area (Å²) >= 11 is 0. The van der Waals surface area contributed by atoms with Crippen molar-refractivity contribution in [2.45, 2.75) is 51.2 Å². The highest BCUT2D eigenvalue weighted by molar-refractivity contribution is 7.89. The van der Waals surface area contributed by atoms with Crippen molar-refractivity contribution in [2.75, 3.05) is 19.9 Å². The van der Waals surface area contributed by atoms with Crippen LogP contribution in [-0.4, -0.2) is 60.7 Å². The van der Waals surface area contributed by atoms with E-state index >= 15 is 0 Å². The summed E-state index contributed by atoms with van der Waals surface area (Å²) in [6, 6.07) is 16.5. The molecule has 3 aromatic carbocycles. The summed E-state index contributed by atoms with van der Waals surface area (Å²) in [6.45, 7) is 7.30. The van der Waals surface area contributed by atoms with Crippen LogP contribution in [0.1, 0.15) is 41.2 Å². The van der Waals surface area contributed by atoms with E-state index in [4.69, 9.17) is 13.9 Å². The maximum absolute atomic E-state index is 13.9. The van der Waals surface area contributed by atoms with Gasteiger partial charge in [-0.2, -0.15) is 4.31 Å². The molecule has 10 nitrogen and oxygen atoms in total. The van der Waals surface area contributed by atoms with E-state index in [0.717, 1.165) is 5.56 Å². The van der Waals surface area contributed by atoms with Gasteiger partial charge in [-0.3, -0.25) is 4.79 Å². The van der Waals surface area contributed by atoms with Gasteiger partial charge in [-0.15, -0.1) is 0 Å². The number of hydrogen-bond donors (Lipinski definition) is 2. The maximum atomic E-state index is 13.9. The molecule has 4 aromatic rings. The quantitative estimate of drug-likeness (QED) is 0.264. The number of aryl methyl sites for hydroxylation is 1. The van der Waals surface area contributed by atoms with E-state index in [0.29, 0.717) is 39.6 Å². The van der Waals surface area contributed by atoms with E-state index in [1.54, 1.807) is 32.0 Å². The number of benzene rings is 3. The minimum Gasteiger partial charge on any atom is -0.454 e. The lowest BCUT2D eigenvalue weighted by Gasteiger charge is -2.31. The fraction of sp³-hybridized carbons (Fsp3) is 0.355. The summed E-state index contributed by atoms with van der Waals surface area (Å²) in [6.07, 6.45) is -0.941. The van der Waals surface area contributed by atoms with Gasteiger partial charge in [0.15, 0.2) is 23.0 Å². The molecule has 42 heavy (non-hydrogen) atoms. The second-order valence-electron chi connectivity index (χ2n) is 10.9. The molecule has 1 aliphatic rings. The highest BCUT2D eigenvalue weighted by Gasteiger charge is 2.32. The fourth-order valence-corrected chi connectivity index (χ4v) is 6.74. The van der Waals surface area contributed by atoms with Gasteiger partial charge in [-0.25, -0.2) is 13.4 Å². The van der Waals surface area contributed by atoms with Gasteiger partial charge in [-0.05, 0) is 49.1 Å². The third-order valence-corrected chi connectivity index (χ3v) is 9.00. The first kappa shape index (κ1) is 29.6. The number of aromatic nitrogens is 1. The predicted octanol–water partition coefficient (Wildman–Crippen LogP) is 4.22. The number of rotatable bonds is 11. The lowest BCUT2D eigenvalue weighted by Crippen LogP contribution is -2.51. The third-order valence-electron chi connectivity index (χ3n) is 7.18. The second-order valence-corrected chi connectivity index (χ2v) is 12.8. The van der Waals surface area contributed by atoms with Gasteiger partial charge in [0.1, 0.15) is 5.52 Å². The Hall–Kier alpha value is -3.93. The summed E-state index contributed by atoms with van der Waals surface area (Å²) in [5, 5.41) is 14.5. The van der Waals surface area contributed by atoms with Crippen molar-refractivity contribution in [3.05, 3.63) is 83.2 Å². The van der Waals surface area contributed by atoms with Gasteiger partial charge < -0.3 is 24.3 Å². The minimum atomic E-state index is -4.03. The van der Waals surface area contributed by atoms with E-state index in [9.17, 15) is 18.3 Å². The molecule has 0 saturated heterocycles. The third kappa shape index (κ3) is 6.28. The monoisotopic (exact) mass is 593 g/mol. The largest absolute Gasteiger partial charge is 0.454 e. The number of carbonyl (C=O) groups is 1. The van der Waals surface area contributed by atoms with E-state index in [-0.39, 0.29) is 37.1 Å². The molecular formula is C31H35N3O7S. The number of nitrogens with one attached hydrogen (secondary N) is 1. The predicted molar refractivity (Wildman–Crippen MR) is 157 cm³/mol. The summed E-state index contributed by atoms with van der Waals surface area (Å²) in [5.41, 5.74) is 2.82. The zero-order chi connectivity index (χ0) is 30.0. The molecule has 2 atom stereocenters. The minimum absolute atomic E-state index is 0.0262. The maximum Gasteiger partial charge on any atom is 0.252 e. The van der Waals surface area contributed by atoms with Gasteiger partial charge in [0.25, 0.3) is 5.91 Å². The smallest absolute Gasteiger partial charge is 0.252 e. The molecule has 0 spiro atoms. The standard InChI is InChI=1S/C31H35N3O7S/c1-19(2)16-34(42(37,38)23-10-12-25-29(15-23)41-21(4)32-25)17-27(35)26(14-22-8-6-5-7-9-22)33-31(36)24-11-13-28-30(20(24)3)40-18-39-28/h5-13,15,19,26-27,35H,14,16-18H2,1-4H3,(H,33,36)/t26-,27+/m0/s1. The van der Waals surface area contributed by atoms with Crippen LogP contribution in [0.5, 0.6) is 11.5 Å². The summed E-state index contributed by atoms with van der Waals surface area (Å²) in [7, 11) is -4.03. The molecule has 222 valence electrons. The molecule has 0 saturated carbocycles. The van der Waals surface area contributed by atoms with Crippen molar-refractivity contribution in [1.82, 2.24) is 14.6 Å². The number of oxazole rings is 1. The molecule has 11 heteroatoms. The number of aliphatic hydroxyl groups is 1. The summed E-state index contributed by atoms with van der Waals surface area (Å²) in [5.74, 6) is 1.08. The van der Waals surface area contributed by atoms with Crippen molar-refractivity contribution in [3.63, 3.8) is 0 Å². The van der Waals surface area contributed by atoms with E-state index in [1.165, 1.54) is 16.4 Å². The fourth-order valence-electron chi connectivity index (χ4n) is 5.10. The normalized spacial score (nSPS) is 14.5. The average molecular weight is 594 g/mol. The van der Waals surface area contributed by atoms with Crippen molar-refractivity contribution in [1.29, 1.82) is 0 Å². The molecule has 1 aliphatic heterocycles. The van der Waals surface area contributed by atoms with Crippen LogP contribution >= 0.6 is 0 Å². The van der Waals surface area contributed by atoms with Gasteiger partial charge in [-0.1, -0.05) is 44.2 Å². The molecule has 5 rings (SSSR count). The number of sulfonamides is 1. The topological polar surface area (TPSA) is 131 Å². The molecule has 0 bridgehead atoms. The SMILES string of the molecule is Cc1nc2ccc(S(=O)(=O)N(CC(C)C)C[C@@H](O)[C@H](Cc3ccccc3)NC(=O)c3ccc4c(c3C)OCO4)cc2o1. The van der Waals surface area contributed by atoms with Crippen LogP contribution in [0.2, 0.25) is 0 Å². The van der Waals surface area contributed by atoms with Crippen molar-refractivity contribution < 1.29 is 32.2 Å².